The van der Waals surface area contributed by atoms with Gasteiger partial charge < -0.3 is 15.8 Å². The third-order valence-electron chi connectivity index (χ3n) is 2.66. The van der Waals surface area contributed by atoms with Crippen LogP contribution in [0.4, 0.5) is 4.79 Å². The van der Waals surface area contributed by atoms with E-state index in [1.165, 1.54) is 0 Å². The van der Waals surface area contributed by atoms with Gasteiger partial charge in [-0.25, -0.2) is 4.79 Å². The van der Waals surface area contributed by atoms with Gasteiger partial charge in [-0.15, -0.1) is 0 Å². The summed E-state index contributed by atoms with van der Waals surface area (Å²) in [4.78, 5) is 11.8. The maximum absolute atomic E-state index is 11.8. The highest BCUT2D eigenvalue weighted by Crippen LogP contribution is 2.13. The molecule has 0 spiro atoms. The van der Waals surface area contributed by atoms with Crippen LogP contribution in [-0.2, 0) is 0 Å². The highest BCUT2D eigenvalue weighted by molar-refractivity contribution is 5.87. The van der Waals surface area contributed by atoms with Crippen molar-refractivity contribution < 1.29 is 9.53 Å². The van der Waals surface area contributed by atoms with E-state index in [4.69, 9.17) is 15.9 Å². The van der Waals surface area contributed by atoms with Gasteiger partial charge in [0.1, 0.15) is 17.6 Å². The quantitative estimate of drug-likeness (QED) is 0.588. The lowest BCUT2D eigenvalue weighted by atomic mass is 10.1. The Balaban J connectivity index is 2.06. The Morgan fingerprint density at radius 2 is 1.60 bits per heavy atom. The fraction of sp³-hybridized carbons (Fsp3) is 0.0667. The second kappa shape index (κ2) is 6.38. The van der Waals surface area contributed by atoms with Gasteiger partial charge >= 0.3 is 6.09 Å². The fourth-order valence-electron chi connectivity index (χ4n) is 1.73. The summed E-state index contributed by atoms with van der Waals surface area (Å²) in [6.45, 7) is 0. The molecule has 0 saturated carbocycles. The van der Waals surface area contributed by atoms with E-state index >= 15 is 0 Å². The van der Waals surface area contributed by atoms with Crippen molar-refractivity contribution in [1.29, 1.82) is 5.41 Å². The molecular formula is C15H15N3O2. The minimum Gasteiger partial charge on any atom is -0.410 e. The largest absolute Gasteiger partial charge is 0.413 e. The van der Waals surface area contributed by atoms with Crippen LogP contribution in [0.2, 0.25) is 0 Å². The van der Waals surface area contributed by atoms with E-state index in [1.54, 1.807) is 36.4 Å². The molecule has 0 aliphatic heterocycles. The molecule has 1 atom stereocenters. The number of hydrogen-bond acceptors (Lipinski definition) is 3. The van der Waals surface area contributed by atoms with Crippen molar-refractivity contribution >= 4 is 11.9 Å². The fourth-order valence-corrected chi connectivity index (χ4v) is 1.73. The zero-order valence-corrected chi connectivity index (χ0v) is 10.7. The molecule has 1 unspecified atom stereocenters. The second-order valence-corrected chi connectivity index (χ2v) is 4.15. The molecule has 0 fully saturated rings. The van der Waals surface area contributed by atoms with Crippen molar-refractivity contribution in [3.8, 4) is 5.75 Å². The maximum atomic E-state index is 11.8. The Labute approximate surface area is 116 Å². The second-order valence-electron chi connectivity index (χ2n) is 4.15. The summed E-state index contributed by atoms with van der Waals surface area (Å²) in [6.07, 6.45) is -0.653. The molecule has 2 aromatic carbocycles. The Bertz CT molecular complexity index is 585. The zero-order valence-electron chi connectivity index (χ0n) is 10.7. The normalized spacial score (nSPS) is 11.4. The Kier molecular flexibility index (Phi) is 4.34. The monoisotopic (exact) mass is 269 g/mol. The van der Waals surface area contributed by atoms with Crippen LogP contribution < -0.4 is 15.8 Å². The molecule has 1 amide bonds. The number of carbonyl (C=O) groups is 1. The van der Waals surface area contributed by atoms with Crippen LogP contribution in [0.25, 0.3) is 0 Å². The molecule has 2 rings (SSSR count). The van der Waals surface area contributed by atoms with Crippen molar-refractivity contribution in [1.82, 2.24) is 5.32 Å². The minimum absolute atomic E-state index is 0.152. The molecular weight excluding hydrogens is 254 g/mol. The lowest BCUT2D eigenvalue weighted by molar-refractivity contribution is 0.199. The van der Waals surface area contributed by atoms with E-state index in [0.717, 1.165) is 5.56 Å². The number of ether oxygens (including phenoxy) is 1. The van der Waals surface area contributed by atoms with E-state index in [0.29, 0.717) is 5.75 Å². The average Bonchev–Trinajstić information content (AvgIpc) is 2.46. The summed E-state index contributed by atoms with van der Waals surface area (Å²) < 4.78 is 5.11. The van der Waals surface area contributed by atoms with Gasteiger partial charge in [0.05, 0.1) is 0 Å². The van der Waals surface area contributed by atoms with Crippen molar-refractivity contribution in [3.63, 3.8) is 0 Å². The van der Waals surface area contributed by atoms with E-state index < -0.39 is 12.1 Å². The molecule has 2 aromatic rings. The van der Waals surface area contributed by atoms with E-state index in [2.05, 4.69) is 5.32 Å². The van der Waals surface area contributed by atoms with Crippen LogP contribution in [-0.4, -0.2) is 11.9 Å². The predicted molar refractivity (Wildman–Crippen MR) is 76.7 cm³/mol. The van der Waals surface area contributed by atoms with Gasteiger partial charge in [-0.3, -0.25) is 5.41 Å². The summed E-state index contributed by atoms with van der Waals surface area (Å²) in [5.74, 6) is 0.279. The highest BCUT2D eigenvalue weighted by Gasteiger charge is 2.18. The summed E-state index contributed by atoms with van der Waals surface area (Å²) in [5.41, 5.74) is 6.25. The van der Waals surface area contributed by atoms with Crippen LogP contribution in [0.3, 0.4) is 0 Å². The van der Waals surface area contributed by atoms with Crippen molar-refractivity contribution in [2.45, 2.75) is 6.04 Å². The first-order valence-corrected chi connectivity index (χ1v) is 6.09. The lowest BCUT2D eigenvalue weighted by Gasteiger charge is -2.17. The Hall–Kier alpha value is -2.82. The first-order valence-electron chi connectivity index (χ1n) is 6.09. The van der Waals surface area contributed by atoms with Crippen molar-refractivity contribution in [2.24, 2.45) is 5.73 Å². The first kappa shape index (κ1) is 13.6. The number of nitrogens with two attached hydrogens (primary N) is 1. The number of carbonyl (C=O) groups excluding carboxylic acids is 1. The lowest BCUT2D eigenvalue weighted by Crippen LogP contribution is -2.38. The number of para-hydroxylation sites is 1. The summed E-state index contributed by atoms with van der Waals surface area (Å²) in [6, 6.07) is 17.1. The number of amides is 1. The smallest absolute Gasteiger partial charge is 0.410 e. The van der Waals surface area contributed by atoms with Gasteiger partial charge in [-0.2, -0.15) is 0 Å². The third-order valence-corrected chi connectivity index (χ3v) is 2.66. The van der Waals surface area contributed by atoms with Crippen LogP contribution in [0.15, 0.2) is 60.7 Å². The molecule has 0 bridgehead atoms. The van der Waals surface area contributed by atoms with E-state index in [-0.39, 0.29) is 5.84 Å². The van der Waals surface area contributed by atoms with Crippen molar-refractivity contribution in [3.05, 3.63) is 66.2 Å². The Morgan fingerprint density at radius 3 is 2.15 bits per heavy atom. The molecule has 0 aliphatic carbocycles. The molecule has 4 N–H and O–H groups in total. The summed E-state index contributed by atoms with van der Waals surface area (Å²) in [7, 11) is 0. The van der Waals surface area contributed by atoms with Gasteiger partial charge in [-0.1, -0.05) is 48.5 Å². The topological polar surface area (TPSA) is 88.2 Å². The van der Waals surface area contributed by atoms with Gasteiger partial charge in [-0.05, 0) is 17.7 Å². The molecule has 0 heterocycles. The first-order chi connectivity index (χ1) is 9.66. The minimum atomic E-state index is -0.701. The molecule has 5 heteroatoms. The number of benzene rings is 2. The highest BCUT2D eigenvalue weighted by atomic mass is 16.6. The summed E-state index contributed by atoms with van der Waals surface area (Å²) >= 11 is 0. The SMILES string of the molecule is N=C(N)C(NC(=O)Oc1ccccc1)c1ccccc1. The zero-order chi connectivity index (χ0) is 14.4. The summed E-state index contributed by atoms with van der Waals surface area (Å²) in [5, 5.41) is 10.1. The van der Waals surface area contributed by atoms with Gasteiger partial charge in [0, 0.05) is 0 Å². The van der Waals surface area contributed by atoms with Crippen LogP contribution in [0, 0.1) is 5.41 Å². The average molecular weight is 269 g/mol. The van der Waals surface area contributed by atoms with Gasteiger partial charge in [0.15, 0.2) is 0 Å². The molecule has 20 heavy (non-hydrogen) atoms. The molecule has 0 aliphatic rings. The number of rotatable bonds is 4. The Morgan fingerprint density at radius 1 is 1.05 bits per heavy atom. The molecule has 0 saturated heterocycles. The molecule has 102 valence electrons. The van der Waals surface area contributed by atoms with Crippen LogP contribution in [0.5, 0.6) is 5.75 Å². The van der Waals surface area contributed by atoms with Crippen LogP contribution >= 0.6 is 0 Å². The predicted octanol–water partition coefficient (Wildman–Crippen LogP) is 2.45. The molecule has 5 nitrogen and oxygen atoms in total. The third kappa shape index (κ3) is 3.58. The van der Waals surface area contributed by atoms with Gasteiger partial charge in [0.25, 0.3) is 0 Å². The number of nitrogens with one attached hydrogen (secondary N) is 2. The standard InChI is InChI=1S/C15H15N3O2/c16-14(17)13(11-7-3-1-4-8-11)18-15(19)20-12-9-5-2-6-10-12/h1-10,13H,(H3,16,17)(H,18,19). The number of amidine groups is 1. The van der Waals surface area contributed by atoms with E-state index in [1.807, 2.05) is 24.3 Å². The number of hydrogen-bond donors (Lipinski definition) is 3. The molecule has 0 aromatic heterocycles. The maximum Gasteiger partial charge on any atom is 0.413 e. The van der Waals surface area contributed by atoms with E-state index in [9.17, 15) is 4.79 Å². The van der Waals surface area contributed by atoms with Crippen molar-refractivity contribution in [2.75, 3.05) is 0 Å². The van der Waals surface area contributed by atoms with Crippen LogP contribution in [0.1, 0.15) is 11.6 Å². The molecule has 0 radical (unpaired) electrons. The van der Waals surface area contributed by atoms with Gasteiger partial charge in [0.2, 0.25) is 0 Å².